The molecule has 1 aromatic carbocycles. The molecule has 4 heteroatoms. The molecular weight excluding hydrogens is 276 g/mol. The third-order valence-electron chi connectivity index (χ3n) is 3.93. The Morgan fingerprint density at radius 2 is 2.09 bits per heavy atom. The number of morpholine rings is 1. The zero-order chi connectivity index (χ0) is 15.2. The molecule has 118 valence electrons. The molecular formula is C18H24N2O2. The number of rotatable bonds is 6. The van der Waals surface area contributed by atoms with Gasteiger partial charge in [-0.2, -0.15) is 0 Å². The van der Waals surface area contributed by atoms with E-state index >= 15 is 0 Å². The molecule has 22 heavy (non-hydrogen) atoms. The summed E-state index contributed by atoms with van der Waals surface area (Å²) in [6.45, 7) is 7.63. The van der Waals surface area contributed by atoms with E-state index in [2.05, 4.69) is 41.4 Å². The van der Waals surface area contributed by atoms with Crippen molar-refractivity contribution in [1.29, 1.82) is 0 Å². The minimum atomic E-state index is 0.340. The molecule has 0 saturated carbocycles. The van der Waals surface area contributed by atoms with Crippen LogP contribution in [0.4, 0.5) is 0 Å². The molecule has 2 aromatic rings. The highest BCUT2D eigenvalue weighted by atomic mass is 16.5. The molecule has 0 spiro atoms. The second-order valence-electron chi connectivity index (χ2n) is 5.92. The van der Waals surface area contributed by atoms with Gasteiger partial charge >= 0.3 is 0 Å². The number of hydrogen-bond acceptors (Lipinski definition) is 4. The molecule has 0 bridgehead atoms. The molecule has 1 fully saturated rings. The van der Waals surface area contributed by atoms with Crippen molar-refractivity contribution in [3.8, 4) is 0 Å². The normalized spacial score (nSPS) is 19.4. The summed E-state index contributed by atoms with van der Waals surface area (Å²) < 4.78 is 10.9. The summed E-state index contributed by atoms with van der Waals surface area (Å²) in [4.78, 5) is 2.46. The van der Waals surface area contributed by atoms with Gasteiger partial charge in [-0.3, -0.25) is 4.90 Å². The van der Waals surface area contributed by atoms with Gasteiger partial charge in [0.2, 0.25) is 0 Å². The lowest BCUT2D eigenvalue weighted by atomic mass is 10.1. The topological polar surface area (TPSA) is 37.6 Å². The summed E-state index contributed by atoms with van der Waals surface area (Å²) in [6, 6.07) is 12.7. The molecule has 3 rings (SSSR count). The number of hydrogen-bond donors (Lipinski definition) is 1. The van der Waals surface area contributed by atoms with Gasteiger partial charge in [-0.15, -0.1) is 0 Å². The first-order valence-corrected chi connectivity index (χ1v) is 7.94. The second kappa shape index (κ2) is 7.58. The van der Waals surface area contributed by atoms with Crippen LogP contribution in [-0.4, -0.2) is 30.7 Å². The maximum atomic E-state index is 5.60. The number of ether oxygens (including phenoxy) is 1. The van der Waals surface area contributed by atoms with Crippen LogP contribution in [0.1, 0.15) is 23.8 Å². The number of nitrogens with zero attached hydrogens (tertiary/aromatic N) is 1. The standard InChI is InChI=1S/C18H24N2O2/c1-15-13-20(7-9-21-15)14-17-5-2-4-16(10-17)11-19-12-18-6-3-8-22-18/h2-6,8,10,15,19H,7,9,11-14H2,1H3. The van der Waals surface area contributed by atoms with Crippen LogP contribution in [0.2, 0.25) is 0 Å². The van der Waals surface area contributed by atoms with E-state index in [-0.39, 0.29) is 0 Å². The molecule has 1 aromatic heterocycles. The Bertz CT molecular complexity index is 568. The van der Waals surface area contributed by atoms with E-state index in [0.717, 1.165) is 45.1 Å². The van der Waals surface area contributed by atoms with Crippen molar-refractivity contribution < 1.29 is 9.15 Å². The molecule has 4 nitrogen and oxygen atoms in total. The molecule has 1 N–H and O–H groups in total. The summed E-state index contributed by atoms with van der Waals surface area (Å²) >= 11 is 0. The molecule has 1 aliphatic rings. The van der Waals surface area contributed by atoms with Crippen molar-refractivity contribution >= 4 is 0 Å². The molecule has 0 amide bonds. The van der Waals surface area contributed by atoms with Crippen molar-refractivity contribution in [1.82, 2.24) is 10.2 Å². The highest BCUT2D eigenvalue weighted by molar-refractivity contribution is 5.23. The summed E-state index contributed by atoms with van der Waals surface area (Å²) in [7, 11) is 0. The van der Waals surface area contributed by atoms with Gasteiger partial charge in [0.25, 0.3) is 0 Å². The van der Waals surface area contributed by atoms with Crippen LogP contribution >= 0.6 is 0 Å². The fourth-order valence-electron chi connectivity index (χ4n) is 2.87. The largest absolute Gasteiger partial charge is 0.468 e. The lowest BCUT2D eigenvalue weighted by Crippen LogP contribution is -2.40. The Labute approximate surface area is 132 Å². The number of benzene rings is 1. The summed E-state index contributed by atoms with van der Waals surface area (Å²) in [5.41, 5.74) is 2.68. The Kier molecular flexibility index (Phi) is 5.27. The average molecular weight is 300 g/mol. The van der Waals surface area contributed by atoms with Gasteiger partial charge in [0, 0.05) is 26.2 Å². The van der Waals surface area contributed by atoms with E-state index in [4.69, 9.17) is 9.15 Å². The van der Waals surface area contributed by atoms with Crippen molar-refractivity contribution in [2.75, 3.05) is 19.7 Å². The van der Waals surface area contributed by atoms with Gasteiger partial charge in [-0.1, -0.05) is 24.3 Å². The van der Waals surface area contributed by atoms with Crippen LogP contribution in [-0.2, 0) is 24.4 Å². The third kappa shape index (κ3) is 4.44. The van der Waals surface area contributed by atoms with Crippen molar-refractivity contribution in [3.63, 3.8) is 0 Å². The van der Waals surface area contributed by atoms with Crippen molar-refractivity contribution in [2.45, 2.75) is 32.7 Å². The first-order valence-electron chi connectivity index (χ1n) is 7.94. The van der Waals surface area contributed by atoms with Crippen LogP contribution in [0, 0.1) is 0 Å². The molecule has 1 atom stereocenters. The Hall–Kier alpha value is -1.62. The van der Waals surface area contributed by atoms with E-state index in [1.165, 1.54) is 11.1 Å². The first-order chi connectivity index (χ1) is 10.8. The quantitative estimate of drug-likeness (QED) is 0.890. The van der Waals surface area contributed by atoms with Gasteiger partial charge < -0.3 is 14.5 Å². The average Bonchev–Trinajstić information content (AvgIpc) is 3.01. The minimum Gasteiger partial charge on any atom is -0.468 e. The van der Waals surface area contributed by atoms with Crippen LogP contribution in [0.5, 0.6) is 0 Å². The summed E-state index contributed by atoms with van der Waals surface area (Å²) in [6.07, 6.45) is 2.05. The van der Waals surface area contributed by atoms with Crippen molar-refractivity contribution in [3.05, 3.63) is 59.5 Å². The van der Waals surface area contributed by atoms with Gasteiger partial charge in [-0.05, 0) is 30.2 Å². The van der Waals surface area contributed by atoms with E-state index in [9.17, 15) is 0 Å². The van der Waals surface area contributed by atoms with Crippen LogP contribution in [0.15, 0.2) is 47.1 Å². The van der Waals surface area contributed by atoms with E-state index in [1.54, 1.807) is 6.26 Å². The smallest absolute Gasteiger partial charge is 0.117 e. The van der Waals surface area contributed by atoms with Gasteiger partial charge in [-0.25, -0.2) is 0 Å². The highest BCUT2D eigenvalue weighted by Gasteiger charge is 2.16. The first kappa shape index (κ1) is 15.3. The van der Waals surface area contributed by atoms with E-state index in [1.807, 2.05) is 12.1 Å². The molecule has 1 unspecified atom stereocenters. The number of furan rings is 1. The van der Waals surface area contributed by atoms with Gasteiger partial charge in [0.15, 0.2) is 0 Å². The lowest BCUT2D eigenvalue weighted by molar-refractivity contribution is -0.0212. The zero-order valence-electron chi connectivity index (χ0n) is 13.1. The number of nitrogens with one attached hydrogen (secondary N) is 1. The van der Waals surface area contributed by atoms with Crippen LogP contribution < -0.4 is 5.32 Å². The highest BCUT2D eigenvalue weighted by Crippen LogP contribution is 2.12. The SMILES string of the molecule is CC1CN(Cc2cccc(CNCc3ccco3)c2)CCO1. The molecule has 0 aliphatic carbocycles. The summed E-state index contributed by atoms with van der Waals surface area (Å²) in [5.74, 6) is 0.971. The molecule has 2 heterocycles. The fraction of sp³-hybridized carbons (Fsp3) is 0.444. The second-order valence-corrected chi connectivity index (χ2v) is 5.92. The Morgan fingerprint density at radius 1 is 1.18 bits per heavy atom. The summed E-state index contributed by atoms with van der Waals surface area (Å²) in [5, 5.41) is 3.41. The van der Waals surface area contributed by atoms with Crippen LogP contribution in [0.3, 0.4) is 0 Å². The van der Waals surface area contributed by atoms with Crippen LogP contribution in [0.25, 0.3) is 0 Å². The Morgan fingerprint density at radius 3 is 2.91 bits per heavy atom. The fourth-order valence-corrected chi connectivity index (χ4v) is 2.87. The third-order valence-corrected chi connectivity index (χ3v) is 3.93. The van der Waals surface area contributed by atoms with Crippen molar-refractivity contribution in [2.24, 2.45) is 0 Å². The predicted octanol–water partition coefficient (Wildman–Crippen LogP) is 2.79. The minimum absolute atomic E-state index is 0.340. The lowest BCUT2D eigenvalue weighted by Gasteiger charge is -2.31. The predicted molar refractivity (Wildman–Crippen MR) is 86.4 cm³/mol. The Balaban J connectivity index is 1.51. The molecule has 0 radical (unpaired) electrons. The van der Waals surface area contributed by atoms with Gasteiger partial charge in [0.1, 0.15) is 5.76 Å². The zero-order valence-corrected chi connectivity index (χ0v) is 13.1. The molecule has 1 aliphatic heterocycles. The molecule has 1 saturated heterocycles. The maximum Gasteiger partial charge on any atom is 0.117 e. The maximum absolute atomic E-state index is 5.60. The monoisotopic (exact) mass is 300 g/mol. The van der Waals surface area contributed by atoms with Gasteiger partial charge in [0.05, 0.1) is 25.5 Å². The van der Waals surface area contributed by atoms with E-state index < -0.39 is 0 Å². The van der Waals surface area contributed by atoms with E-state index in [0.29, 0.717) is 6.10 Å².